The Morgan fingerprint density at radius 1 is 0.960 bits per heavy atom. The van der Waals surface area contributed by atoms with Crippen molar-refractivity contribution in [1.29, 1.82) is 0 Å². The van der Waals surface area contributed by atoms with E-state index in [0.717, 1.165) is 5.56 Å². The molecule has 25 heavy (non-hydrogen) atoms. The van der Waals surface area contributed by atoms with Crippen molar-refractivity contribution in [2.75, 3.05) is 17.9 Å². The highest BCUT2D eigenvalue weighted by atomic mass is 32.2. The van der Waals surface area contributed by atoms with Crippen molar-refractivity contribution >= 4 is 15.7 Å². The van der Waals surface area contributed by atoms with E-state index in [0.29, 0.717) is 36.0 Å². The van der Waals surface area contributed by atoms with E-state index in [1.54, 1.807) is 31.2 Å². The van der Waals surface area contributed by atoms with Crippen molar-refractivity contribution in [1.82, 2.24) is 0 Å². The Balaban J connectivity index is 1.95. The second kappa shape index (κ2) is 6.26. The van der Waals surface area contributed by atoms with Gasteiger partial charge in [0.05, 0.1) is 10.6 Å². The zero-order valence-corrected chi connectivity index (χ0v) is 15.7. The molecule has 1 N–H and O–H groups in total. The number of rotatable bonds is 3. The third-order valence-corrected chi connectivity index (χ3v) is 5.66. The first-order valence-electron chi connectivity index (χ1n) is 8.20. The molecule has 1 aliphatic rings. The third-order valence-electron chi connectivity index (χ3n) is 4.14. The van der Waals surface area contributed by atoms with Crippen LogP contribution in [0.5, 0.6) is 11.5 Å². The van der Waals surface area contributed by atoms with Crippen molar-refractivity contribution in [3.8, 4) is 11.5 Å². The van der Waals surface area contributed by atoms with Gasteiger partial charge in [0.25, 0.3) is 10.0 Å². The van der Waals surface area contributed by atoms with E-state index >= 15 is 0 Å². The highest BCUT2D eigenvalue weighted by Gasteiger charge is 2.22. The van der Waals surface area contributed by atoms with Crippen LogP contribution in [0, 0.1) is 6.92 Å². The Kier molecular flexibility index (Phi) is 4.41. The molecule has 6 heteroatoms. The van der Waals surface area contributed by atoms with Crippen LogP contribution in [0.1, 0.15) is 31.9 Å². The first kappa shape index (κ1) is 17.6. The van der Waals surface area contributed by atoms with Crippen LogP contribution in [-0.4, -0.2) is 21.6 Å². The summed E-state index contributed by atoms with van der Waals surface area (Å²) in [6.45, 7) is 8.92. The van der Waals surface area contributed by atoms with Crippen molar-refractivity contribution in [3.05, 3.63) is 47.5 Å². The number of aryl methyl sites for hydroxylation is 1. The molecule has 1 heterocycles. The van der Waals surface area contributed by atoms with E-state index in [9.17, 15) is 8.42 Å². The molecular weight excluding hydrogens is 338 g/mol. The van der Waals surface area contributed by atoms with E-state index in [1.165, 1.54) is 0 Å². The van der Waals surface area contributed by atoms with Crippen molar-refractivity contribution in [2.24, 2.45) is 0 Å². The summed E-state index contributed by atoms with van der Waals surface area (Å²) in [5, 5.41) is 0. The molecule has 0 spiro atoms. The Hall–Kier alpha value is -2.21. The van der Waals surface area contributed by atoms with E-state index in [1.807, 2.05) is 12.1 Å². The SMILES string of the molecule is Cc1ccc(C(C)(C)C)cc1S(=O)(=O)Nc1ccc2c(c1)OCCO2. The molecule has 134 valence electrons. The van der Waals surface area contributed by atoms with Crippen LogP contribution < -0.4 is 14.2 Å². The lowest BCUT2D eigenvalue weighted by Gasteiger charge is -2.21. The Morgan fingerprint density at radius 2 is 1.64 bits per heavy atom. The molecule has 5 nitrogen and oxygen atoms in total. The van der Waals surface area contributed by atoms with Gasteiger partial charge in [-0.2, -0.15) is 0 Å². The number of hydrogen-bond acceptors (Lipinski definition) is 4. The van der Waals surface area contributed by atoms with Crippen LogP contribution in [0.15, 0.2) is 41.3 Å². The Morgan fingerprint density at radius 3 is 2.32 bits per heavy atom. The minimum Gasteiger partial charge on any atom is -0.486 e. The molecule has 2 aromatic carbocycles. The maximum atomic E-state index is 12.9. The summed E-state index contributed by atoms with van der Waals surface area (Å²) in [5.74, 6) is 1.17. The van der Waals surface area contributed by atoms with Crippen LogP contribution in [0.25, 0.3) is 0 Å². The van der Waals surface area contributed by atoms with Crippen LogP contribution in [0.4, 0.5) is 5.69 Å². The molecule has 0 fully saturated rings. The van der Waals surface area contributed by atoms with Crippen molar-refractivity contribution < 1.29 is 17.9 Å². The smallest absolute Gasteiger partial charge is 0.262 e. The van der Waals surface area contributed by atoms with E-state index in [4.69, 9.17) is 9.47 Å². The molecule has 0 amide bonds. The average molecular weight is 361 g/mol. The van der Waals surface area contributed by atoms with Gasteiger partial charge < -0.3 is 9.47 Å². The van der Waals surface area contributed by atoms with Gasteiger partial charge >= 0.3 is 0 Å². The first-order valence-corrected chi connectivity index (χ1v) is 9.69. The number of ether oxygens (including phenoxy) is 2. The number of anilines is 1. The molecule has 0 unspecified atom stereocenters. The zero-order chi connectivity index (χ0) is 18.2. The fourth-order valence-corrected chi connectivity index (χ4v) is 3.99. The van der Waals surface area contributed by atoms with Gasteiger partial charge in [-0.15, -0.1) is 0 Å². The standard InChI is InChI=1S/C19H23NO4S/c1-13-5-6-14(19(2,3)4)11-18(13)25(21,22)20-15-7-8-16-17(12-15)24-10-9-23-16/h5-8,11-12,20H,9-10H2,1-4H3. The van der Waals surface area contributed by atoms with E-state index in [2.05, 4.69) is 25.5 Å². The second-order valence-electron chi connectivity index (χ2n) is 7.19. The fourth-order valence-electron chi connectivity index (χ4n) is 2.67. The van der Waals surface area contributed by atoms with Gasteiger partial charge in [0, 0.05) is 6.07 Å². The lowest BCUT2D eigenvalue weighted by molar-refractivity contribution is 0.171. The predicted molar refractivity (Wildman–Crippen MR) is 98.1 cm³/mol. The maximum absolute atomic E-state index is 12.9. The highest BCUT2D eigenvalue weighted by Crippen LogP contribution is 2.34. The summed E-state index contributed by atoms with van der Waals surface area (Å²) in [6.07, 6.45) is 0. The van der Waals surface area contributed by atoms with Gasteiger partial charge in [-0.1, -0.05) is 32.9 Å². The van der Waals surface area contributed by atoms with Crippen molar-refractivity contribution in [3.63, 3.8) is 0 Å². The summed E-state index contributed by atoms with van der Waals surface area (Å²) in [6, 6.07) is 10.6. The molecule has 0 aliphatic carbocycles. The minimum absolute atomic E-state index is 0.130. The minimum atomic E-state index is -3.70. The lowest BCUT2D eigenvalue weighted by Crippen LogP contribution is -2.18. The second-order valence-corrected chi connectivity index (χ2v) is 8.85. The lowest BCUT2D eigenvalue weighted by atomic mass is 9.87. The molecule has 0 aromatic heterocycles. The zero-order valence-electron chi connectivity index (χ0n) is 14.9. The third kappa shape index (κ3) is 3.74. The van der Waals surface area contributed by atoms with Crippen LogP contribution in [0.3, 0.4) is 0 Å². The maximum Gasteiger partial charge on any atom is 0.262 e. The Bertz CT molecular complexity index is 898. The van der Waals surface area contributed by atoms with Gasteiger partial charge in [0.2, 0.25) is 0 Å². The number of benzene rings is 2. The summed E-state index contributed by atoms with van der Waals surface area (Å²) in [4.78, 5) is 0.287. The number of sulfonamides is 1. The summed E-state index contributed by atoms with van der Waals surface area (Å²) < 4.78 is 39.4. The first-order chi connectivity index (χ1) is 11.7. The predicted octanol–water partition coefficient (Wildman–Crippen LogP) is 3.86. The van der Waals surface area contributed by atoms with Crippen LogP contribution in [0.2, 0.25) is 0 Å². The molecule has 1 aliphatic heterocycles. The molecule has 3 rings (SSSR count). The monoisotopic (exact) mass is 361 g/mol. The van der Waals surface area contributed by atoms with Gasteiger partial charge in [0.1, 0.15) is 13.2 Å². The van der Waals surface area contributed by atoms with Gasteiger partial charge in [0.15, 0.2) is 11.5 Å². The van der Waals surface area contributed by atoms with E-state index in [-0.39, 0.29) is 10.3 Å². The Labute approximate surface area is 149 Å². The number of fused-ring (bicyclic) bond motifs is 1. The summed E-state index contributed by atoms with van der Waals surface area (Å²) in [5.41, 5.74) is 2.00. The number of nitrogens with one attached hydrogen (secondary N) is 1. The topological polar surface area (TPSA) is 64.6 Å². The molecular formula is C19H23NO4S. The van der Waals surface area contributed by atoms with Gasteiger partial charge in [-0.05, 0) is 41.7 Å². The quantitative estimate of drug-likeness (QED) is 0.901. The molecule has 2 aromatic rings. The summed E-state index contributed by atoms with van der Waals surface area (Å²) in [7, 11) is -3.70. The summed E-state index contributed by atoms with van der Waals surface area (Å²) >= 11 is 0. The van der Waals surface area contributed by atoms with Gasteiger partial charge in [-0.3, -0.25) is 4.72 Å². The van der Waals surface area contributed by atoms with Gasteiger partial charge in [-0.25, -0.2) is 8.42 Å². The average Bonchev–Trinajstić information content (AvgIpc) is 2.53. The molecule has 0 saturated carbocycles. The van der Waals surface area contributed by atoms with Crippen LogP contribution in [-0.2, 0) is 15.4 Å². The molecule has 0 saturated heterocycles. The number of hydrogen-bond donors (Lipinski definition) is 1. The van der Waals surface area contributed by atoms with Crippen LogP contribution >= 0.6 is 0 Å². The van der Waals surface area contributed by atoms with Crippen molar-refractivity contribution in [2.45, 2.75) is 38.0 Å². The normalized spacial score (nSPS) is 14.2. The highest BCUT2D eigenvalue weighted by molar-refractivity contribution is 7.92. The molecule has 0 bridgehead atoms. The largest absolute Gasteiger partial charge is 0.486 e. The molecule has 0 radical (unpaired) electrons. The fraction of sp³-hybridized carbons (Fsp3) is 0.368. The van der Waals surface area contributed by atoms with E-state index < -0.39 is 10.0 Å². The molecule has 0 atom stereocenters.